The zero-order valence-corrected chi connectivity index (χ0v) is 10.7. The first-order valence-corrected chi connectivity index (χ1v) is 6.07. The molecule has 1 saturated heterocycles. The van der Waals surface area contributed by atoms with Crippen molar-refractivity contribution in [2.75, 3.05) is 19.7 Å². The molecule has 1 unspecified atom stereocenters. The number of rotatable bonds is 2. The molecule has 102 valence electrons. The molecule has 1 aromatic carbocycles. The zero-order chi connectivity index (χ0) is 13.8. The van der Waals surface area contributed by atoms with E-state index in [0.29, 0.717) is 25.3 Å². The van der Waals surface area contributed by atoms with Crippen LogP contribution in [0.1, 0.15) is 15.9 Å². The van der Waals surface area contributed by atoms with Crippen molar-refractivity contribution in [3.8, 4) is 0 Å². The first kappa shape index (κ1) is 13.4. The van der Waals surface area contributed by atoms with Crippen LogP contribution in [0.4, 0.5) is 0 Å². The molecule has 0 radical (unpaired) electrons. The highest BCUT2D eigenvalue weighted by Crippen LogP contribution is 2.11. The molecule has 3 N–H and O–H groups in total. The molecule has 0 saturated carbocycles. The number of ether oxygens (including phenoxy) is 1. The van der Waals surface area contributed by atoms with Gasteiger partial charge in [-0.15, -0.1) is 0 Å². The van der Waals surface area contributed by atoms with Gasteiger partial charge in [0.25, 0.3) is 5.91 Å². The van der Waals surface area contributed by atoms with Crippen molar-refractivity contribution in [3.63, 3.8) is 0 Å². The molecule has 1 aliphatic heterocycles. The molecule has 0 aromatic heterocycles. The van der Waals surface area contributed by atoms with E-state index in [1.807, 2.05) is 19.1 Å². The fourth-order valence-corrected chi connectivity index (χ4v) is 1.96. The summed E-state index contributed by atoms with van der Waals surface area (Å²) in [6.45, 7) is 3.14. The second kappa shape index (κ2) is 5.71. The summed E-state index contributed by atoms with van der Waals surface area (Å²) in [4.78, 5) is 13.9. The maximum Gasteiger partial charge on any atom is 0.254 e. The van der Waals surface area contributed by atoms with E-state index < -0.39 is 6.10 Å². The standard InChI is InChI=1S/C13H17N3O3/c1-9-2-4-10(5-3-9)13(17)16-6-7-19-11(8-16)12(14)15-18/h2-5,11,18H,6-8H2,1H3,(H2,14,15). The Morgan fingerprint density at radius 2 is 2.16 bits per heavy atom. The minimum atomic E-state index is -0.548. The van der Waals surface area contributed by atoms with Crippen LogP contribution in [0.5, 0.6) is 0 Å². The van der Waals surface area contributed by atoms with Gasteiger partial charge in [0, 0.05) is 12.1 Å². The SMILES string of the molecule is Cc1ccc(C(=O)N2CCOC(C(N)=NO)C2)cc1. The number of amidine groups is 1. The number of aryl methyl sites for hydroxylation is 1. The third-order valence-corrected chi connectivity index (χ3v) is 3.10. The van der Waals surface area contributed by atoms with E-state index in [9.17, 15) is 4.79 Å². The van der Waals surface area contributed by atoms with Crippen molar-refractivity contribution < 1.29 is 14.7 Å². The molecule has 1 atom stereocenters. The van der Waals surface area contributed by atoms with Gasteiger partial charge in [-0.25, -0.2) is 0 Å². The van der Waals surface area contributed by atoms with Crippen LogP contribution in [0.2, 0.25) is 0 Å². The lowest BCUT2D eigenvalue weighted by Crippen LogP contribution is -2.50. The average molecular weight is 263 g/mol. The molecule has 1 amide bonds. The molecule has 6 nitrogen and oxygen atoms in total. The summed E-state index contributed by atoms with van der Waals surface area (Å²) < 4.78 is 5.36. The van der Waals surface area contributed by atoms with Crippen molar-refractivity contribution in [1.29, 1.82) is 0 Å². The minimum absolute atomic E-state index is 0.0126. The Balaban J connectivity index is 2.09. The third-order valence-electron chi connectivity index (χ3n) is 3.10. The van der Waals surface area contributed by atoms with Crippen LogP contribution in [-0.4, -0.2) is 47.7 Å². The van der Waals surface area contributed by atoms with Crippen molar-refractivity contribution in [2.45, 2.75) is 13.0 Å². The second-order valence-electron chi connectivity index (χ2n) is 4.50. The van der Waals surface area contributed by atoms with E-state index >= 15 is 0 Å². The third kappa shape index (κ3) is 3.03. The lowest BCUT2D eigenvalue weighted by atomic mass is 10.1. The smallest absolute Gasteiger partial charge is 0.254 e. The lowest BCUT2D eigenvalue weighted by molar-refractivity contribution is 0.00676. The second-order valence-corrected chi connectivity index (χ2v) is 4.50. The Kier molecular flexibility index (Phi) is 4.01. The molecule has 2 rings (SSSR count). The van der Waals surface area contributed by atoms with E-state index in [2.05, 4.69) is 5.16 Å². The summed E-state index contributed by atoms with van der Waals surface area (Å²) in [6.07, 6.45) is -0.548. The van der Waals surface area contributed by atoms with Crippen LogP contribution < -0.4 is 5.73 Å². The summed E-state index contributed by atoms with van der Waals surface area (Å²) in [5.41, 5.74) is 7.24. The molecule has 1 fully saturated rings. The van der Waals surface area contributed by atoms with E-state index in [0.717, 1.165) is 5.56 Å². The molecular weight excluding hydrogens is 246 g/mol. The predicted octanol–water partition coefficient (Wildman–Crippen LogP) is 0.582. The molecule has 0 spiro atoms. The summed E-state index contributed by atoms with van der Waals surface area (Å²) in [5.74, 6) is -0.0829. The summed E-state index contributed by atoms with van der Waals surface area (Å²) in [5, 5.41) is 11.6. The van der Waals surface area contributed by atoms with Crippen LogP contribution in [0.15, 0.2) is 29.4 Å². The van der Waals surface area contributed by atoms with Gasteiger partial charge >= 0.3 is 0 Å². The van der Waals surface area contributed by atoms with Gasteiger partial charge in [-0.3, -0.25) is 4.79 Å². The number of carbonyl (C=O) groups excluding carboxylic acids is 1. The number of hydrogen-bond acceptors (Lipinski definition) is 4. The van der Waals surface area contributed by atoms with Gasteiger partial charge in [0.1, 0.15) is 6.10 Å². The number of morpholine rings is 1. The zero-order valence-electron chi connectivity index (χ0n) is 10.7. The number of nitrogens with zero attached hydrogens (tertiary/aromatic N) is 2. The van der Waals surface area contributed by atoms with Crippen molar-refractivity contribution >= 4 is 11.7 Å². The van der Waals surface area contributed by atoms with Crippen LogP contribution in [0.3, 0.4) is 0 Å². The number of nitrogens with two attached hydrogens (primary N) is 1. The van der Waals surface area contributed by atoms with E-state index in [-0.39, 0.29) is 11.7 Å². The van der Waals surface area contributed by atoms with Crippen molar-refractivity contribution in [1.82, 2.24) is 4.90 Å². The summed E-state index contributed by atoms with van der Waals surface area (Å²) in [6, 6.07) is 7.39. The highest BCUT2D eigenvalue weighted by molar-refractivity contribution is 5.95. The molecule has 1 aliphatic rings. The van der Waals surface area contributed by atoms with Crippen molar-refractivity contribution in [2.24, 2.45) is 10.9 Å². The lowest BCUT2D eigenvalue weighted by Gasteiger charge is -2.32. The molecule has 0 aliphatic carbocycles. The van der Waals surface area contributed by atoms with E-state index in [1.54, 1.807) is 17.0 Å². The quantitative estimate of drug-likeness (QED) is 0.353. The molecule has 6 heteroatoms. The van der Waals surface area contributed by atoms with Gasteiger partial charge in [-0.1, -0.05) is 22.9 Å². The number of oxime groups is 1. The van der Waals surface area contributed by atoms with Gasteiger partial charge in [0.05, 0.1) is 13.2 Å². The monoisotopic (exact) mass is 263 g/mol. The molecule has 0 bridgehead atoms. The predicted molar refractivity (Wildman–Crippen MR) is 70.2 cm³/mol. The number of carbonyl (C=O) groups is 1. The summed E-state index contributed by atoms with van der Waals surface area (Å²) >= 11 is 0. The molecular formula is C13H17N3O3. The normalized spacial score (nSPS) is 20.4. The van der Waals surface area contributed by atoms with Crippen molar-refractivity contribution in [3.05, 3.63) is 35.4 Å². The Labute approximate surface area is 111 Å². The Hall–Kier alpha value is -2.08. The van der Waals surface area contributed by atoms with Gasteiger partial charge < -0.3 is 20.6 Å². The van der Waals surface area contributed by atoms with Gasteiger partial charge in [0.15, 0.2) is 5.84 Å². The maximum atomic E-state index is 12.3. The van der Waals surface area contributed by atoms with Crippen LogP contribution in [0, 0.1) is 6.92 Å². The fraction of sp³-hybridized carbons (Fsp3) is 0.385. The Morgan fingerprint density at radius 1 is 1.47 bits per heavy atom. The first-order chi connectivity index (χ1) is 9.11. The molecule has 1 heterocycles. The van der Waals surface area contributed by atoms with E-state index in [4.69, 9.17) is 15.7 Å². The van der Waals surface area contributed by atoms with Crippen LogP contribution in [0.25, 0.3) is 0 Å². The number of benzene rings is 1. The molecule has 1 aromatic rings. The summed E-state index contributed by atoms with van der Waals surface area (Å²) in [7, 11) is 0. The average Bonchev–Trinajstić information content (AvgIpc) is 2.46. The first-order valence-electron chi connectivity index (χ1n) is 6.07. The maximum absolute atomic E-state index is 12.3. The minimum Gasteiger partial charge on any atom is -0.409 e. The Morgan fingerprint density at radius 3 is 2.79 bits per heavy atom. The topological polar surface area (TPSA) is 88.2 Å². The van der Waals surface area contributed by atoms with Gasteiger partial charge in [-0.05, 0) is 19.1 Å². The largest absolute Gasteiger partial charge is 0.409 e. The van der Waals surface area contributed by atoms with Crippen LogP contribution in [-0.2, 0) is 4.74 Å². The van der Waals surface area contributed by atoms with Crippen LogP contribution >= 0.6 is 0 Å². The highest BCUT2D eigenvalue weighted by atomic mass is 16.5. The molecule has 19 heavy (non-hydrogen) atoms. The van der Waals surface area contributed by atoms with Gasteiger partial charge in [-0.2, -0.15) is 0 Å². The number of hydrogen-bond donors (Lipinski definition) is 2. The Bertz CT molecular complexity index is 484. The van der Waals surface area contributed by atoms with Gasteiger partial charge in [0.2, 0.25) is 0 Å². The number of amides is 1. The fourth-order valence-electron chi connectivity index (χ4n) is 1.96. The van der Waals surface area contributed by atoms with E-state index in [1.165, 1.54) is 0 Å². The highest BCUT2D eigenvalue weighted by Gasteiger charge is 2.27.